The molecule has 1 aromatic heterocycles. The normalized spacial score (nSPS) is 19.3. The van der Waals surface area contributed by atoms with Gasteiger partial charge in [0.15, 0.2) is 0 Å². The van der Waals surface area contributed by atoms with Crippen LogP contribution in [0.2, 0.25) is 5.02 Å². The monoisotopic (exact) mass is 807 g/mol. The molecule has 7 nitrogen and oxygen atoms in total. The molecule has 1 N–H and O–H groups in total. The molecule has 5 atom stereocenters. The molecular weight excluding hydrogens is 758 g/mol. The number of aliphatic hydroxyl groups excluding tert-OH is 1. The summed E-state index contributed by atoms with van der Waals surface area (Å²) in [4.78, 5) is 0. The number of rotatable bonds is 18. The van der Waals surface area contributed by atoms with Gasteiger partial charge in [-0.3, -0.25) is 0 Å². The van der Waals surface area contributed by atoms with Crippen LogP contribution in [-0.4, -0.2) is 47.3 Å². The fourth-order valence-corrected chi connectivity index (χ4v) is 8.15. The van der Waals surface area contributed by atoms with Gasteiger partial charge < -0.3 is 33.4 Å². The molecule has 59 heavy (non-hydrogen) atoms. The first-order valence-corrected chi connectivity index (χ1v) is 20.7. The maximum atomic E-state index is 9.49. The Hall–Kier alpha value is -5.09. The molecule has 6 aromatic carbocycles. The Kier molecular flexibility index (Phi) is 14.0. The Bertz CT molecular complexity index is 2320. The summed E-state index contributed by atoms with van der Waals surface area (Å²) in [5.74, 6) is 0. The van der Waals surface area contributed by atoms with Gasteiger partial charge in [0.1, 0.15) is 30.5 Å². The molecule has 302 valence electrons. The maximum Gasteiger partial charge on any atom is 0.117 e. The minimum Gasteiger partial charge on any atom is -0.396 e. The lowest BCUT2D eigenvalue weighted by Gasteiger charge is -2.46. The van der Waals surface area contributed by atoms with Gasteiger partial charge in [-0.05, 0) is 45.9 Å². The van der Waals surface area contributed by atoms with E-state index in [1.807, 2.05) is 84.9 Å². The van der Waals surface area contributed by atoms with E-state index >= 15 is 0 Å². The molecule has 0 unspecified atom stereocenters. The number of para-hydroxylation sites is 1. The van der Waals surface area contributed by atoms with Gasteiger partial charge in [0.2, 0.25) is 0 Å². The van der Waals surface area contributed by atoms with Crippen molar-refractivity contribution in [2.75, 3.05) is 13.2 Å². The third kappa shape index (κ3) is 10.4. The van der Waals surface area contributed by atoms with Crippen molar-refractivity contribution in [1.82, 2.24) is 4.57 Å². The Morgan fingerprint density at radius 3 is 1.59 bits per heavy atom. The van der Waals surface area contributed by atoms with E-state index in [1.54, 1.807) is 0 Å². The zero-order valence-electron chi connectivity index (χ0n) is 33.0. The predicted molar refractivity (Wildman–Crippen MR) is 232 cm³/mol. The number of fused-ring (bicyclic) bond motifs is 1. The van der Waals surface area contributed by atoms with Gasteiger partial charge >= 0.3 is 0 Å². The lowest BCUT2D eigenvalue weighted by atomic mass is 9.90. The largest absolute Gasteiger partial charge is 0.396 e. The summed E-state index contributed by atoms with van der Waals surface area (Å²) in [5, 5.41) is 11.1. The van der Waals surface area contributed by atoms with Crippen LogP contribution in [0.25, 0.3) is 10.9 Å². The highest BCUT2D eigenvalue weighted by molar-refractivity contribution is 6.35. The Morgan fingerprint density at radius 2 is 1.03 bits per heavy atom. The first-order valence-electron chi connectivity index (χ1n) is 20.3. The Balaban J connectivity index is 1.21. The van der Waals surface area contributed by atoms with Crippen LogP contribution in [-0.2, 0) is 63.1 Å². The van der Waals surface area contributed by atoms with Crippen molar-refractivity contribution in [2.45, 2.75) is 69.9 Å². The van der Waals surface area contributed by atoms with Crippen molar-refractivity contribution < 1.29 is 28.8 Å². The molecule has 1 aliphatic heterocycles. The number of halogens is 1. The number of aliphatic hydroxyl groups is 1. The molecule has 1 aliphatic rings. The predicted octanol–water partition coefficient (Wildman–Crippen LogP) is 10.3. The molecule has 8 rings (SSSR count). The maximum absolute atomic E-state index is 9.49. The second kappa shape index (κ2) is 20.2. The van der Waals surface area contributed by atoms with E-state index in [4.69, 9.17) is 35.3 Å². The topological polar surface area (TPSA) is 71.3 Å². The highest BCUT2D eigenvalue weighted by atomic mass is 35.5. The minimum atomic E-state index is -0.596. The first-order chi connectivity index (χ1) is 29.1. The summed E-state index contributed by atoms with van der Waals surface area (Å²) in [6.07, 6.45) is -0.0585. The van der Waals surface area contributed by atoms with E-state index in [9.17, 15) is 5.11 Å². The molecule has 0 spiro atoms. The number of hydrogen-bond acceptors (Lipinski definition) is 6. The smallest absolute Gasteiger partial charge is 0.117 e. The van der Waals surface area contributed by atoms with Gasteiger partial charge in [-0.25, -0.2) is 0 Å². The fraction of sp³-hybridized carbons (Fsp3) is 0.255. The summed E-state index contributed by atoms with van der Waals surface area (Å²) >= 11 is 7.06. The second-order valence-electron chi connectivity index (χ2n) is 15.0. The molecule has 1 fully saturated rings. The van der Waals surface area contributed by atoms with Crippen molar-refractivity contribution in [3.8, 4) is 0 Å². The Morgan fingerprint density at radius 1 is 0.525 bits per heavy atom. The Labute approximate surface area is 351 Å². The second-order valence-corrected chi connectivity index (χ2v) is 15.4. The van der Waals surface area contributed by atoms with E-state index in [-0.39, 0.29) is 13.2 Å². The average Bonchev–Trinajstić information content (AvgIpc) is 3.65. The van der Waals surface area contributed by atoms with E-state index in [0.29, 0.717) is 44.4 Å². The minimum absolute atomic E-state index is 0.113. The van der Waals surface area contributed by atoms with Gasteiger partial charge in [0.25, 0.3) is 0 Å². The highest BCUT2D eigenvalue weighted by Gasteiger charge is 2.49. The van der Waals surface area contributed by atoms with Crippen LogP contribution in [0.1, 0.15) is 45.0 Å². The number of benzene rings is 6. The number of ether oxygens (including phenoxy) is 5. The van der Waals surface area contributed by atoms with Crippen molar-refractivity contribution in [3.05, 3.63) is 214 Å². The lowest BCUT2D eigenvalue weighted by Crippen LogP contribution is -2.58. The number of aromatic nitrogens is 1. The summed E-state index contributed by atoms with van der Waals surface area (Å²) in [5.41, 5.74) is 8.27. The summed E-state index contributed by atoms with van der Waals surface area (Å²) in [6, 6.07) is 55.1. The zero-order valence-corrected chi connectivity index (χ0v) is 33.8. The third-order valence-corrected chi connectivity index (χ3v) is 11.2. The molecule has 0 amide bonds. The number of nitrogens with zero attached hydrogens (tertiary/aromatic N) is 1. The van der Waals surface area contributed by atoms with E-state index in [1.165, 1.54) is 0 Å². The van der Waals surface area contributed by atoms with Crippen LogP contribution in [0, 0.1) is 0 Å². The lowest BCUT2D eigenvalue weighted by molar-refractivity contribution is -0.274. The molecule has 8 heteroatoms. The van der Waals surface area contributed by atoms with Crippen molar-refractivity contribution in [3.63, 3.8) is 0 Å². The molecule has 0 aliphatic carbocycles. The van der Waals surface area contributed by atoms with E-state index in [2.05, 4.69) is 89.6 Å². The molecule has 0 bridgehead atoms. The van der Waals surface area contributed by atoms with Crippen LogP contribution >= 0.6 is 11.6 Å². The molecule has 0 radical (unpaired) electrons. The first kappa shape index (κ1) is 40.7. The van der Waals surface area contributed by atoms with Crippen molar-refractivity contribution in [1.29, 1.82) is 0 Å². The van der Waals surface area contributed by atoms with Gasteiger partial charge in [-0.1, -0.05) is 169 Å². The SMILES string of the molecule is OCCc1ccc(Cn2cc([C@@H]3O[C@H](COCc4ccccc4)[C@@H](OCc4ccccc4)[C@H](OCc4ccccc4)[C@H]3OCc3ccccc3)c3cccc(Cl)c32)cc1. The molecular formula is C51H50ClNO6. The standard InChI is InChI=1S/C51H50ClNO6/c52-45-23-13-22-43-44(31-53(47(43)45)30-38-26-24-37(25-27-38)28-29-54)48-50(57-34-41-18-9-3-10-19-41)51(58-35-42-20-11-4-12-21-42)49(56-33-40-16-7-2-8-17-40)46(59-48)36-55-32-39-14-5-1-6-15-39/h1-27,31,46,48-51,54H,28-30,32-36H2/t46-,48+,49-,50+,51+/m1/s1. The summed E-state index contributed by atoms with van der Waals surface area (Å²) in [6.45, 7) is 2.44. The van der Waals surface area contributed by atoms with Crippen LogP contribution in [0.3, 0.4) is 0 Å². The van der Waals surface area contributed by atoms with Crippen LogP contribution in [0.4, 0.5) is 0 Å². The molecule has 0 saturated carbocycles. The zero-order chi connectivity index (χ0) is 40.2. The van der Waals surface area contributed by atoms with Gasteiger partial charge in [0.05, 0.1) is 43.6 Å². The highest BCUT2D eigenvalue weighted by Crippen LogP contribution is 2.43. The van der Waals surface area contributed by atoms with Crippen molar-refractivity contribution >= 4 is 22.5 Å². The third-order valence-electron chi connectivity index (χ3n) is 10.8. The van der Waals surface area contributed by atoms with E-state index < -0.39 is 30.5 Å². The quantitative estimate of drug-likeness (QED) is 0.0931. The van der Waals surface area contributed by atoms with Gasteiger partial charge in [-0.15, -0.1) is 0 Å². The molecule has 7 aromatic rings. The molecule has 2 heterocycles. The number of hydrogen-bond donors (Lipinski definition) is 1. The van der Waals surface area contributed by atoms with Crippen LogP contribution in [0.5, 0.6) is 0 Å². The summed E-state index contributed by atoms with van der Waals surface area (Å²) < 4.78 is 37.0. The van der Waals surface area contributed by atoms with E-state index in [0.717, 1.165) is 49.8 Å². The fourth-order valence-electron chi connectivity index (χ4n) is 7.87. The van der Waals surface area contributed by atoms with Crippen LogP contribution in [0.15, 0.2) is 170 Å². The average molecular weight is 808 g/mol. The molecule has 1 saturated heterocycles. The van der Waals surface area contributed by atoms with Gasteiger partial charge in [-0.2, -0.15) is 0 Å². The van der Waals surface area contributed by atoms with Gasteiger partial charge in [0, 0.05) is 30.3 Å². The summed E-state index contributed by atoms with van der Waals surface area (Å²) in [7, 11) is 0. The van der Waals surface area contributed by atoms with Crippen LogP contribution < -0.4 is 0 Å². The van der Waals surface area contributed by atoms with Crippen molar-refractivity contribution in [2.24, 2.45) is 0 Å².